The number of aromatic nitrogens is 1. The summed E-state index contributed by atoms with van der Waals surface area (Å²) in [5.41, 5.74) is 1.21. The second-order valence-electron chi connectivity index (χ2n) is 3.99. The lowest BCUT2D eigenvalue weighted by atomic mass is 10.1. The van der Waals surface area contributed by atoms with Gasteiger partial charge < -0.3 is 9.47 Å². The van der Waals surface area contributed by atoms with Gasteiger partial charge in [-0.3, -0.25) is 0 Å². The summed E-state index contributed by atoms with van der Waals surface area (Å²) in [6.45, 7) is 0. The molecule has 0 fully saturated rings. The number of benzene rings is 1. The highest BCUT2D eigenvalue weighted by Crippen LogP contribution is 2.40. The number of rotatable bonds is 3. The molecule has 0 atom stereocenters. The Balaban J connectivity index is 2.62. The van der Waals surface area contributed by atoms with E-state index in [1.807, 2.05) is 0 Å². The Labute approximate surface area is 136 Å². The maximum Gasteiger partial charge on any atom is 0.356 e. The molecule has 0 aliphatic heterocycles. The van der Waals surface area contributed by atoms with Gasteiger partial charge in [-0.15, -0.1) is 0 Å². The van der Waals surface area contributed by atoms with E-state index in [-0.39, 0.29) is 11.6 Å². The smallest absolute Gasteiger partial charge is 0.356 e. The van der Waals surface area contributed by atoms with Crippen molar-refractivity contribution >= 4 is 40.8 Å². The molecule has 4 nitrogen and oxygen atoms in total. The van der Waals surface area contributed by atoms with Gasteiger partial charge in [0.2, 0.25) is 5.88 Å². The molecule has 0 unspecified atom stereocenters. The molecule has 2 rings (SSSR count). The highest BCUT2D eigenvalue weighted by atomic mass is 35.5. The number of nitrogens with zero attached hydrogens (tertiary/aromatic N) is 1. The van der Waals surface area contributed by atoms with Gasteiger partial charge in [-0.05, 0) is 24.3 Å². The third-order valence-electron chi connectivity index (χ3n) is 2.72. The molecular formula is C14H10Cl3NO3. The van der Waals surface area contributed by atoms with Crippen molar-refractivity contribution < 1.29 is 14.3 Å². The van der Waals surface area contributed by atoms with E-state index < -0.39 is 5.97 Å². The summed E-state index contributed by atoms with van der Waals surface area (Å²) in [4.78, 5) is 15.6. The maximum atomic E-state index is 11.5. The first kappa shape index (κ1) is 15.9. The van der Waals surface area contributed by atoms with Crippen molar-refractivity contribution in [3.63, 3.8) is 0 Å². The number of carbonyl (C=O) groups is 1. The van der Waals surface area contributed by atoms with Crippen LogP contribution in [-0.2, 0) is 4.74 Å². The molecule has 0 aliphatic carbocycles. The third kappa shape index (κ3) is 3.23. The molecule has 110 valence electrons. The van der Waals surface area contributed by atoms with Crippen molar-refractivity contribution in [2.24, 2.45) is 0 Å². The normalized spacial score (nSPS) is 10.3. The zero-order chi connectivity index (χ0) is 15.6. The molecule has 2 aromatic rings. The number of methoxy groups -OCH3 is 2. The van der Waals surface area contributed by atoms with Crippen molar-refractivity contribution in [3.8, 4) is 17.0 Å². The summed E-state index contributed by atoms with van der Waals surface area (Å²) in [6.07, 6.45) is 0. The summed E-state index contributed by atoms with van der Waals surface area (Å²) < 4.78 is 9.82. The molecular weight excluding hydrogens is 337 g/mol. The van der Waals surface area contributed by atoms with E-state index >= 15 is 0 Å². The fraction of sp³-hybridized carbons (Fsp3) is 0.143. The number of hydrogen-bond acceptors (Lipinski definition) is 4. The number of carbonyl (C=O) groups excluding carboxylic acids is 1. The highest BCUT2D eigenvalue weighted by molar-refractivity contribution is 6.41. The summed E-state index contributed by atoms with van der Waals surface area (Å²) in [5, 5.41) is 1.14. The van der Waals surface area contributed by atoms with Gasteiger partial charge in [-0.1, -0.05) is 34.8 Å². The first-order chi connectivity index (χ1) is 9.97. The molecule has 21 heavy (non-hydrogen) atoms. The lowest BCUT2D eigenvalue weighted by Gasteiger charge is -2.12. The topological polar surface area (TPSA) is 48.4 Å². The van der Waals surface area contributed by atoms with Gasteiger partial charge in [-0.25, -0.2) is 9.78 Å². The molecule has 0 N–H and O–H groups in total. The van der Waals surface area contributed by atoms with Crippen LogP contribution in [0.3, 0.4) is 0 Å². The van der Waals surface area contributed by atoms with Crippen LogP contribution in [0.2, 0.25) is 15.1 Å². The molecule has 1 heterocycles. The minimum absolute atomic E-state index is 0.124. The molecule has 0 spiro atoms. The average molecular weight is 347 g/mol. The van der Waals surface area contributed by atoms with Gasteiger partial charge in [0.05, 0.1) is 24.3 Å². The zero-order valence-electron chi connectivity index (χ0n) is 11.1. The van der Waals surface area contributed by atoms with Crippen molar-refractivity contribution in [2.45, 2.75) is 0 Å². The van der Waals surface area contributed by atoms with Crippen LogP contribution in [0.5, 0.6) is 5.88 Å². The van der Waals surface area contributed by atoms with Crippen LogP contribution < -0.4 is 4.74 Å². The molecule has 0 saturated heterocycles. The number of esters is 1. The first-order valence-electron chi connectivity index (χ1n) is 5.76. The van der Waals surface area contributed by atoms with Gasteiger partial charge in [0.1, 0.15) is 0 Å². The number of pyridine rings is 1. The SMILES string of the molecule is COC(=O)c1ccc(-c2c(Cl)cc(Cl)cc2Cl)c(OC)n1. The van der Waals surface area contributed by atoms with Gasteiger partial charge >= 0.3 is 5.97 Å². The molecule has 0 bridgehead atoms. The zero-order valence-corrected chi connectivity index (χ0v) is 13.4. The number of hydrogen-bond donors (Lipinski definition) is 0. The number of halogens is 3. The second kappa shape index (κ2) is 6.52. The summed E-state index contributed by atoms with van der Waals surface area (Å²) in [5.74, 6) is -0.350. The fourth-order valence-corrected chi connectivity index (χ4v) is 2.82. The Bertz CT molecular complexity index is 681. The maximum absolute atomic E-state index is 11.5. The van der Waals surface area contributed by atoms with Crippen molar-refractivity contribution in [2.75, 3.05) is 14.2 Å². The van der Waals surface area contributed by atoms with Crippen LogP contribution in [0.15, 0.2) is 24.3 Å². The standard InChI is InChI=1S/C14H10Cl3NO3/c1-20-13-8(3-4-11(18-13)14(19)21-2)12-9(16)5-7(15)6-10(12)17/h3-6H,1-2H3. The Morgan fingerprint density at radius 3 is 2.24 bits per heavy atom. The molecule has 0 radical (unpaired) electrons. The molecule has 1 aromatic heterocycles. The second-order valence-corrected chi connectivity index (χ2v) is 5.24. The Morgan fingerprint density at radius 2 is 1.71 bits per heavy atom. The summed E-state index contributed by atoms with van der Waals surface area (Å²) >= 11 is 18.3. The van der Waals surface area contributed by atoms with Gasteiger partial charge in [-0.2, -0.15) is 0 Å². The van der Waals surface area contributed by atoms with Gasteiger partial charge in [0.15, 0.2) is 5.69 Å². The van der Waals surface area contributed by atoms with Crippen molar-refractivity contribution in [1.82, 2.24) is 4.98 Å². The predicted molar refractivity (Wildman–Crippen MR) is 82.6 cm³/mol. The van der Waals surface area contributed by atoms with Crippen LogP contribution in [-0.4, -0.2) is 25.2 Å². The Kier molecular flexibility index (Phi) is 4.93. The fourth-order valence-electron chi connectivity index (χ4n) is 1.80. The lowest BCUT2D eigenvalue weighted by Crippen LogP contribution is -2.05. The predicted octanol–water partition coefficient (Wildman–Crippen LogP) is 4.50. The molecule has 1 aromatic carbocycles. The van der Waals surface area contributed by atoms with E-state index in [9.17, 15) is 4.79 Å². The molecule has 7 heteroatoms. The summed E-state index contributed by atoms with van der Waals surface area (Å²) in [6, 6.07) is 6.28. The highest BCUT2D eigenvalue weighted by Gasteiger charge is 2.18. The monoisotopic (exact) mass is 345 g/mol. The van der Waals surface area contributed by atoms with Crippen LogP contribution in [0.4, 0.5) is 0 Å². The number of ether oxygens (including phenoxy) is 2. The quantitative estimate of drug-likeness (QED) is 0.768. The summed E-state index contributed by atoms with van der Waals surface area (Å²) in [7, 11) is 2.71. The third-order valence-corrected chi connectivity index (χ3v) is 3.54. The first-order valence-corrected chi connectivity index (χ1v) is 6.89. The van der Waals surface area contributed by atoms with Crippen molar-refractivity contribution in [1.29, 1.82) is 0 Å². The van der Waals surface area contributed by atoms with Gasteiger partial charge in [0, 0.05) is 16.1 Å². The lowest BCUT2D eigenvalue weighted by molar-refractivity contribution is 0.0593. The van der Waals surface area contributed by atoms with E-state index in [2.05, 4.69) is 9.72 Å². The van der Waals surface area contributed by atoms with Crippen LogP contribution in [0, 0.1) is 0 Å². The minimum Gasteiger partial charge on any atom is -0.481 e. The molecule has 0 aliphatic rings. The van der Waals surface area contributed by atoms with Crippen LogP contribution in [0.25, 0.3) is 11.1 Å². The minimum atomic E-state index is -0.562. The van der Waals surface area contributed by atoms with E-state index in [1.54, 1.807) is 18.2 Å². The molecule has 0 amide bonds. The van der Waals surface area contributed by atoms with Crippen LogP contribution >= 0.6 is 34.8 Å². The average Bonchev–Trinajstić information content (AvgIpc) is 2.45. The van der Waals surface area contributed by atoms with Crippen LogP contribution in [0.1, 0.15) is 10.5 Å². The Hall–Kier alpha value is -1.49. The van der Waals surface area contributed by atoms with E-state index in [0.717, 1.165) is 0 Å². The van der Waals surface area contributed by atoms with E-state index in [1.165, 1.54) is 20.3 Å². The molecule has 0 saturated carbocycles. The van der Waals surface area contributed by atoms with E-state index in [0.29, 0.717) is 26.2 Å². The van der Waals surface area contributed by atoms with Gasteiger partial charge in [0.25, 0.3) is 0 Å². The van der Waals surface area contributed by atoms with E-state index in [4.69, 9.17) is 39.5 Å². The largest absolute Gasteiger partial charge is 0.481 e. The Morgan fingerprint density at radius 1 is 1.10 bits per heavy atom. The van der Waals surface area contributed by atoms with Crippen molar-refractivity contribution in [3.05, 3.63) is 45.0 Å².